The third-order valence-corrected chi connectivity index (χ3v) is 3.90. The molecule has 7 heteroatoms. The summed E-state index contributed by atoms with van der Waals surface area (Å²) in [4.78, 5) is 11.7. The summed E-state index contributed by atoms with van der Waals surface area (Å²) in [6.07, 6.45) is 1.39. The molecule has 2 aromatic rings. The average molecular weight is 390 g/mol. The molecule has 2 aromatic carbocycles. The van der Waals surface area contributed by atoms with Gasteiger partial charge in [-0.2, -0.15) is 5.26 Å². The maximum absolute atomic E-state index is 13.8. The molecule has 0 N–H and O–H groups in total. The fraction of sp³-hybridized carbons (Fsp3) is 0.200. The Hall–Kier alpha value is -3.04. The molecular weight excluding hydrogens is 373 g/mol. The van der Waals surface area contributed by atoms with Gasteiger partial charge >= 0.3 is 5.97 Å². The number of nitrogens with zero attached hydrogens (tertiary/aromatic N) is 1. The third-order valence-electron chi connectivity index (χ3n) is 3.55. The van der Waals surface area contributed by atoms with Crippen molar-refractivity contribution >= 4 is 23.6 Å². The first-order valence-electron chi connectivity index (χ1n) is 8.02. The summed E-state index contributed by atoms with van der Waals surface area (Å²) in [5.74, 6) is -0.441. The van der Waals surface area contributed by atoms with Crippen LogP contribution in [0.1, 0.15) is 18.1 Å². The van der Waals surface area contributed by atoms with Crippen LogP contribution in [0.3, 0.4) is 0 Å². The predicted octanol–water partition coefficient (Wildman–Crippen LogP) is 4.54. The number of rotatable bonds is 7. The number of hydrogen-bond acceptors (Lipinski definition) is 5. The molecule has 0 unspecified atom stereocenters. The highest BCUT2D eigenvalue weighted by Crippen LogP contribution is 2.31. The fourth-order valence-electron chi connectivity index (χ4n) is 2.23. The maximum Gasteiger partial charge on any atom is 0.348 e. The Morgan fingerprint density at radius 1 is 1.30 bits per heavy atom. The van der Waals surface area contributed by atoms with Crippen LogP contribution in [0.2, 0.25) is 5.02 Å². The van der Waals surface area contributed by atoms with Gasteiger partial charge in [0.15, 0.2) is 11.5 Å². The normalized spacial score (nSPS) is 10.9. The molecule has 0 atom stereocenters. The summed E-state index contributed by atoms with van der Waals surface area (Å²) >= 11 is 5.99. The second kappa shape index (κ2) is 9.60. The molecule has 0 aromatic heterocycles. The van der Waals surface area contributed by atoms with E-state index in [0.717, 1.165) is 0 Å². The molecule has 0 saturated heterocycles. The van der Waals surface area contributed by atoms with E-state index in [-0.39, 0.29) is 29.4 Å². The molecule has 0 fully saturated rings. The first kappa shape index (κ1) is 20.3. The van der Waals surface area contributed by atoms with Gasteiger partial charge in [0.25, 0.3) is 0 Å². The summed E-state index contributed by atoms with van der Waals surface area (Å²) in [5.41, 5.74) is 0.651. The number of carbonyl (C=O) groups excluding carboxylic acids is 1. The highest BCUT2D eigenvalue weighted by molar-refractivity contribution is 6.31. The van der Waals surface area contributed by atoms with Crippen molar-refractivity contribution < 1.29 is 23.4 Å². The van der Waals surface area contributed by atoms with Crippen LogP contribution in [0, 0.1) is 17.1 Å². The highest BCUT2D eigenvalue weighted by Gasteiger charge is 2.13. The molecule has 140 valence electrons. The minimum atomic E-state index is -0.700. The van der Waals surface area contributed by atoms with Gasteiger partial charge < -0.3 is 14.2 Å². The van der Waals surface area contributed by atoms with Gasteiger partial charge in [-0.15, -0.1) is 0 Å². The van der Waals surface area contributed by atoms with E-state index in [2.05, 4.69) is 0 Å². The zero-order chi connectivity index (χ0) is 19.8. The van der Waals surface area contributed by atoms with Gasteiger partial charge in [-0.05, 0) is 42.8 Å². The average Bonchev–Trinajstić information content (AvgIpc) is 2.66. The standard InChI is InChI=1S/C20H17ClFNO4/c1-3-26-20(24)14(11-23)9-13-7-8-18(19(10-13)25-2)27-12-15-16(21)5-4-6-17(15)22/h4-10H,3,12H2,1-2H3/b14-9-. The van der Waals surface area contributed by atoms with Gasteiger partial charge in [-0.25, -0.2) is 9.18 Å². The van der Waals surface area contributed by atoms with Crippen LogP contribution in [0.4, 0.5) is 4.39 Å². The van der Waals surface area contributed by atoms with Crippen molar-refractivity contribution in [2.24, 2.45) is 0 Å². The van der Waals surface area contributed by atoms with E-state index in [1.807, 2.05) is 0 Å². The minimum Gasteiger partial charge on any atom is -0.493 e. The Bertz CT molecular complexity index is 885. The summed E-state index contributed by atoms with van der Waals surface area (Å²) in [6.45, 7) is 1.75. The lowest BCUT2D eigenvalue weighted by molar-refractivity contribution is -0.137. The molecule has 0 amide bonds. The smallest absolute Gasteiger partial charge is 0.348 e. The Balaban J connectivity index is 2.23. The summed E-state index contributed by atoms with van der Waals surface area (Å²) < 4.78 is 29.6. The second-order valence-corrected chi connectivity index (χ2v) is 5.70. The number of esters is 1. The number of halogens is 2. The van der Waals surface area contributed by atoms with Crippen molar-refractivity contribution in [1.82, 2.24) is 0 Å². The van der Waals surface area contributed by atoms with Gasteiger partial charge in [0.05, 0.1) is 18.7 Å². The maximum atomic E-state index is 13.8. The van der Waals surface area contributed by atoms with Gasteiger partial charge in [-0.3, -0.25) is 0 Å². The number of benzene rings is 2. The lowest BCUT2D eigenvalue weighted by Crippen LogP contribution is -2.06. The van der Waals surface area contributed by atoms with Crippen LogP contribution in [-0.4, -0.2) is 19.7 Å². The van der Waals surface area contributed by atoms with Crippen molar-refractivity contribution in [3.05, 3.63) is 63.9 Å². The molecule has 0 aliphatic heterocycles. The number of carbonyl (C=O) groups is 1. The molecule has 0 heterocycles. The van der Waals surface area contributed by atoms with E-state index in [9.17, 15) is 9.18 Å². The first-order chi connectivity index (χ1) is 13.0. The first-order valence-corrected chi connectivity index (χ1v) is 8.40. The molecule has 0 spiro atoms. The van der Waals surface area contributed by atoms with Crippen molar-refractivity contribution in [3.63, 3.8) is 0 Å². The Labute approximate surface area is 161 Å². The Morgan fingerprint density at radius 3 is 2.70 bits per heavy atom. The number of hydrogen-bond donors (Lipinski definition) is 0. The second-order valence-electron chi connectivity index (χ2n) is 5.29. The summed E-state index contributed by atoms with van der Waals surface area (Å²) in [5, 5.41) is 9.37. The zero-order valence-electron chi connectivity index (χ0n) is 14.8. The molecule has 0 radical (unpaired) electrons. The Morgan fingerprint density at radius 2 is 2.07 bits per heavy atom. The monoisotopic (exact) mass is 389 g/mol. The van der Waals surface area contributed by atoms with E-state index in [1.54, 1.807) is 37.3 Å². The SMILES string of the molecule is CCOC(=O)/C(C#N)=C\c1ccc(OCc2c(F)cccc2Cl)c(OC)c1. The van der Waals surface area contributed by atoms with Crippen LogP contribution >= 0.6 is 11.6 Å². The van der Waals surface area contributed by atoms with E-state index in [1.165, 1.54) is 25.3 Å². The molecule has 2 rings (SSSR count). The van der Waals surface area contributed by atoms with Crippen LogP contribution in [-0.2, 0) is 16.1 Å². The lowest BCUT2D eigenvalue weighted by Gasteiger charge is -2.12. The molecule has 0 aliphatic carbocycles. The van der Waals surface area contributed by atoms with Crippen LogP contribution in [0.15, 0.2) is 42.0 Å². The molecule has 27 heavy (non-hydrogen) atoms. The van der Waals surface area contributed by atoms with Gasteiger partial charge in [-0.1, -0.05) is 23.7 Å². The van der Waals surface area contributed by atoms with Gasteiger partial charge in [0.1, 0.15) is 24.1 Å². The van der Waals surface area contributed by atoms with E-state index >= 15 is 0 Å². The topological polar surface area (TPSA) is 68.6 Å². The number of ether oxygens (including phenoxy) is 3. The molecule has 0 bridgehead atoms. The van der Waals surface area contributed by atoms with Crippen LogP contribution in [0.25, 0.3) is 6.08 Å². The third kappa shape index (κ3) is 5.22. The van der Waals surface area contributed by atoms with Crippen molar-refractivity contribution in [3.8, 4) is 17.6 Å². The van der Waals surface area contributed by atoms with Crippen LogP contribution < -0.4 is 9.47 Å². The number of nitriles is 1. The number of methoxy groups -OCH3 is 1. The summed E-state index contributed by atoms with van der Waals surface area (Å²) in [7, 11) is 1.45. The van der Waals surface area contributed by atoms with Crippen molar-refractivity contribution in [2.75, 3.05) is 13.7 Å². The molecular formula is C20H17ClFNO4. The van der Waals surface area contributed by atoms with Gasteiger partial charge in [0, 0.05) is 5.56 Å². The molecule has 0 aliphatic rings. The summed E-state index contributed by atoms with van der Waals surface area (Å²) in [6, 6.07) is 11.0. The Kier molecular flexibility index (Phi) is 7.21. The van der Waals surface area contributed by atoms with Gasteiger partial charge in [0.2, 0.25) is 0 Å². The quantitative estimate of drug-likeness (QED) is 0.395. The lowest BCUT2D eigenvalue weighted by atomic mass is 10.1. The van der Waals surface area contributed by atoms with E-state index in [4.69, 9.17) is 31.1 Å². The molecule has 0 saturated carbocycles. The van der Waals surface area contributed by atoms with Crippen LogP contribution in [0.5, 0.6) is 11.5 Å². The highest BCUT2D eigenvalue weighted by atomic mass is 35.5. The fourth-order valence-corrected chi connectivity index (χ4v) is 2.44. The van der Waals surface area contributed by atoms with Crippen molar-refractivity contribution in [2.45, 2.75) is 13.5 Å². The van der Waals surface area contributed by atoms with E-state index < -0.39 is 11.8 Å². The predicted molar refractivity (Wildman–Crippen MR) is 99.0 cm³/mol. The zero-order valence-corrected chi connectivity index (χ0v) is 15.5. The molecule has 5 nitrogen and oxygen atoms in total. The largest absolute Gasteiger partial charge is 0.493 e. The minimum absolute atomic E-state index is 0.0800. The van der Waals surface area contributed by atoms with Crippen molar-refractivity contribution in [1.29, 1.82) is 5.26 Å². The van der Waals surface area contributed by atoms with E-state index in [0.29, 0.717) is 17.1 Å².